The summed E-state index contributed by atoms with van der Waals surface area (Å²) in [5.41, 5.74) is 0.241. The van der Waals surface area contributed by atoms with Crippen molar-refractivity contribution in [2.24, 2.45) is 11.8 Å². The van der Waals surface area contributed by atoms with Gasteiger partial charge in [-0.15, -0.1) is 0 Å². The van der Waals surface area contributed by atoms with E-state index < -0.39 is 4.92 Å². The normalized spacial score (nSPS) is 21.4. The highest BCUT2D eigenvalue weighted by atomic mass is 79.9. The number of nitrogens with zero attached hydrogens (tertiary/aromatic N) is 2. The maximum atomic E-state index is 11.9. The fourth-order valence-electron chi connectivity index (χ4n) is 1.70. The molecule has 1 saturated carbocycles. The molecule has 1 aromatic rings. The van der Waals surface area contributed by atoms with E-state index in [1.54, 1.807) is 0 Å². The molecule has 0 aromatic carbocycles. The van der Waals surface area contributed by atoms with Crippen LogP contribution in [0.1, 0.15) is 23.7 Å². The lowest BCUT2D eigenvalue weighted by Crippen LogP contribution is -2.26. The van der Waals surface area contributed by atoms with E-state index in [0.717, 1.165) is 6.42 Å². The van der Waals surface area contributed by atoms with Gasteiger partial charge in [0.25, 0.3) is 5.91 Å². The van der Waals surface area contributed by atoms with Crippen molar-refractivity contribution in [2.45, 2.75) is 13.3 Å². The minimum atomic E-state index is -0.619. The third kappa shape index (κ3) is 2.84. The van der Waals surface area contributed by atoms with Gasteiger partial charge in [-0.3, -0.25) is 4.79 Å². The zero-order valence-electron chi connectivity index (χ0n) is 9.72. The summed E-state index contributed by atoms with van der Waals surface area (Å²) in [4.78, 5) is 25.5. The number of carbonyl (C=O) groups excluding carboxylic acids is 1. The SMILES string of the molecule is CC1CC1CNC(=O)c1cc([N+](=O)[O-])ncc1Br. The molecule has 0 bridgehead atoms. The van der Waals surface area contributed by atoms with E-state index in [1.807, 2.05) is 0 Å². The fourth-order valence-corrected chi connectivity index (χ4v) is 2.10. The third-order valence-corrected chi connectivity index (χ3v) is 3.71. The summed E-state index contributed by atoms with van der Waals surface area (Å²) in [6, 6.07) is 1.18. The smallest absolute Gasteiger partial charge is 0.358 e. The van der Waals surface area contributed by atoms with Crippen LogP contribution in [0.3, 0.4) is 0 Å². The van der Waals surface area contributed by atoms with Crippen LogP contribution < -0.4 is 5.32 Å². The summed E-state index contributed by atoms with van der Waals surface area (Å²) in [7, 11) is 0. The maximum Gasteiger partial charge on any atom is 0.364 e. The highest BCUT2D eigenvalue weighted by Gasteiger charge is 2.32. The topological polar surface area (TPSA) is 85.1 Å². The molecule has 0 spiro atoms. The lowest BCUT2D eigenvalue weighted by molar-refractivity contribution is -0.389. The van der Waals surface area contributed by atoms with Crippen LogP contribution in [-0.4, -0.2) is 22.4 Å². The molecule has 2 rings (SSSR count). The van der Waals surface area contributed by atoms with Crippen molar-refractivity contribution < 1.29 is 9.72 Å². The highest BCUT2D eigenvalue weighted by Crippen LogP contribution is 2.36. The number of hydrogen-bond acceptors (Lipinski definition) is 4. The van der Waals surface area contributed by atoms with E-state index in [4.69, 9.17) is 0 Å². The highest BCUT2D eigenvalue weighted by molar-refractivity contribution is 9.10. The van der Waals surface area contributed by atoms with Crippen molar-refractivity contribution >= 4 is 27.7 Å². The number of pyridine rings is 1. The lowest BCUT2D eigenvalue weighted by Gasteiger charge is -2.05. The Morgan fingerprint density at radius 1 is 1.72 bits per heavy atom. The number of halogens is 1. The Kier molecular flexibility index (Phi) is 3.60. The molecule has 0 saturated heterocycles. The zero-order chi connectivity index (χ0) is 13.3. The first kappa shape index (κ1) is 12.9. The van der Waals surface area contributed by atoms with E-state index in [9.17, 15) is 14.9 Å². The molecule has 7 heteroatoms. The number of nitro groups is 1. The average molecular weight is 314 g/mol. The van der Waals surface area contributed by atoms with Gasteiger partial charge in [0.1, 0.15) is 0 Å². The number of amides is 1. The summed E-state index contributed by atoms with van der Waals surface area (Å²) >= 11 is 3.17. The average Bonchev–Trinajstić information content (AvgIpc) is 3.02. The van der Waals surface area contributed by atoms with Crippen LogP contribution in [0.25, 0.3) is 0 Å². The molecule has 2 unspecified atom stereocenters. The second kappa shape index (κ2) is 5.01. The monoisotopic (exact) mass is 313 g/mol. The predicted molar refractivity (Wildman–Crippen MR) is 68.2 cm³/mol. The molecule has 1 aliphatic rings. The minimum absolute atomic E-state index is 0.241. The summed E-state index contributed by atoms with van der Waals surface area (Å²) in [6.45, 7) is 2.74. The summed E-state index contributed by atoms with van der Waals surface area (Å²) < 4.78 is 0.453. The fraction of sp³-hybridized carbons (Fsp3) is 0.455. The quantitative estimate of drug-likeness (QED) is 0.681. The van der Waals surface area contributed by atoms with Gasteiger partial charge < -0.3 is 15.4 Å². The van der Waals surface area contributed by atoms with E-state index in [1.165, 1.54) is 12.3 Å². The van der Waals surface area contributed by atoms with Crippen molar-refractivity contribution in [2.75, 3.05) is 6.54 Å². The Hall–Kier alpha value is -1.50. The van der Waals surface area contributed by atoms with Crippen LogP contribution in [0.15, 0.2) is 16.7 Å². The molecule has 1 heterocycles. The Bertz CT molecular complexity index is 506. The molecule has 0 radical (unpaired) electrons. The molecule has 96 valence electrons. The van der Waals surface area contributed by atoms with Crippen LogP contribution in [0.5, 0.6) is 0 Å². The van der Waals surface area contributed by atoms with Gasteiger partial charge in [-0.25, -0.2) is 0 Å². The van der Waals surface area contributed by atoms with E-state index in [2.05, 4.69) is 33.2 Å². The van der Waals surface area contributed by atoms with Crippen LogP contribution >= 0.6 is 15.9 Å². The number of aromatic nitrogens is 1. The Morgan fingerprint density at radius 3 is 2.94 bits per heavy atom. The summed E-state index contributed by atoms with van der Waals surface area (Å²) in [5, 5.41) is 13.4. The molecule has 1 aliphatic carbocycles. The van der Waals surface area contributed by atoms with Crippen LogP contribution in [-0.2, 0) is 0 Å². The first-order valence-electron chi connectivity index (χ1n) is 5.57. The molecule has 0 aliphatic heterocycles. The summed E-state index contributed by atoms with van der Waals surface area (Å²) in [6.07, 6.45) is 2.39. The lowest BCUT2D eigenvalue weighted by atomic mass is 10.2. The molecule has 6 nitrogen and oxygen atoms in total. The molecule has 2 atom stereocenters. The second-order valence-electron chi connectivity index (χ2n) is 4.46. The zero-order valence-corrected chi connectivity index (χ0v) is 11.3. The third-order valence-electron chi connectivity index (χ3n) is 3.07. The predicted octanol–water partition coefficient (Wildman–Crippen LogP) is 2.14. The van der Waals surface area contributed by atoms with Crippen molar-refractivity contribution in [3.63, 3.8) is 0 Å². The Labute approximate surface area is 112 Å². The van der Waals surface area contributed by atoms with Crippen LogP contribution in [0.4, 0.5) is 5.82 Å². The standard InChI is InChI=1S/C11H12BrN3O3/c1-6-2-7(6)4-14-11(16)8-3-10(15(17)18)13-5-9(8)12/h3,5-7H,2,4H2,1H3,(H,14,16). The van der Waals surface area contributed by atoms with Gasteiger partial charge in [0.2, 0.25) is 0 Å². The Balaban J connectivity index is 2.08. The molecule has 18 heavy (non-hydrogen) atoms. The first-order chi connectivity index (χ1) is 8.49. The van der Waals surface area contributed by atoms with Crippen molar-refractivity contribution in [1.29, 1.82) is 0 Å². The van der Waals surface area contributed by atoms with Crippen molar-refractivity contribution in [3.8, 4) is 0 Å². The van der Waals surface area contributed by atoms with Gasteiger partial charge in [0.15, 0.2) is 6.20 Å². The van der Waals surface area contributed by atoms with Crippen molar-refractivity contribution in [1.82, 2.24) is 10.3 Å². The van der Waals surface area contributed by atoms with Gasteiger partial charge in [0, 0.05) is 12.6 Å². The van der Waals surface area contributed by atoms with Crippen LogP contribution in [0, 0.1) is 22.0 Å². The number of rotatable bonds is 4. The molecule has 1 fully saturated rings. The molecular formula is C11H12BrN3O3. The summed E-state index contributed by atoms with van der Waals surface area (Å²) in [5.74, 6) is 0.541. The van der Waals surface area contributed by atoms with Gasteiger partial charge >= 0.3 is 5.82 Å². The van der Waals surface area contributed by atoms with Gasteiger partial charge in [-0.2, -0.15) is 0 Å². The molecule has 1 amide bonds. The molecule has 1 aromatic heterocycles. The van der Waals surface area contributed by atoms with Crippen molar-refractivity contribution in [3.05, 3.63) is 32.4 Å². The van der Waals surface area contributed by atoms with Gasteiger partial charge in [-0.1, -0.05) is 6.92 Å². The number of nitrogens with one attached hydrogen (secondary N) is 1. The van der Waals surface area contributed by atoms with Crippen LogP contribution in [0.2, 0.25) is 0 Å². The molecule has 1 N–H and O–H groups in total. The van der Waals surface area contributed by atoms with E-state index >= 15 is 0 Å². The maximum absolute atomic E-state index is 11.9. The largest absolute Gasteiger partial charge is 0.364 e. The first-order valence-corrected chi connectivity index (χ1v) is 6.36. The molecular weight excluding hydrogens is 302 g/mol. The van der Waals surface area contributed by atoms with E-state index in [0.29, 0.717) is 22.9 Å². The number of hydrogen-bond donors (Lipinski definition) is 1. The van der Waals surface area contributed by atoms with Gasteiger partial charge in [-0.05, 0) is 44.1 Å². The minimum Gasteiger partial charge on any atom is -0.358 e. The Morgan fingerprint density at radius 2 is 2.39 bits per heavy atom. The second-order valence-corrected chi connectivity index (χ2v) is 5.32. The number of carbonyl (C=O) groups is 1. The van der Waals surface area contributed by atoms with E-state index in [-0.39, 0.29) is 17.3 Å². The van der Waals surface area contributed by atoms with Gasteiger partial charge in [0.05, 0.1) is 10.0 Å².